The van der Waals surface area contributed by atoms with Crippen LogP contribution in [0.3, 0.4) is 0 Å². The quantitative estimate of drug-likeness (QED) is 0.852. The lowest BCUT2D eigenvalue weighted by Gasteiger charge is -2.43. The van der Waals surface area contributed by atoms with Crippen molar-refractivity contribution in [1.29, 1.82) is 0 Å². The van der Waals surface area contributed by atoms with E-state index in [2.05, 4.69) is 18.7 Å². The highest BCUT2D eigenvalue weighted by Crippen LogP contribution is 2.29. The molecule has 2 heterocycles. The van der Waals surface area contributed by atoms with E-state index < -0.39 is 0 Å². The Bertz CT molecular complexity index is 253. The molecule has 0 aliphatic carbocycles. The number of nitrogens with zero attached hydrogens (tertiary/aromatic N) is 1. The molecule has 2 aliphatic rings. The first kappa shape index (κ1) is 15.3. The maximum atomic E-state index is 10.7. The summed E-state index contributed by atoms with van der Waals surface area (Å²) in [5.41, 5.74) is -0.0807. The van der Waals surface area contributed by atoms with Crippen LogP contribution in [0.1, 0.15) is 58.8 Å². The van der Waals surface area contributed by atoms with Crippen LogP contribution in [0.4, 0.5) is 0 Å². The van der Waals surface area contributed by atoms with E-state index in [0.717, 1.165) is 45.6 Å². The van der Waals surface area contributed by atoms with Crippen molar-refractivity contribution < 1.29 is 9.84 Å². The van der Waals surface area contributed by atoms with E-state index >= 15 is 0 Å². The highest BCUT2D eigenvalue weighted by Gasteiger charge is 2.35. The van der Waals surface area contributed by atoms with Crippen LogP contribution in [0, 0.1) is 5.92 Å². The van der Waals surface area contributed by atoms with Crippen molar-refractivity contribution >= 4 is 0 Å². The standard InChI is InChI=1S/C16H31NO2/c1-16(2,17-9-5-3-4-6-10-17)15(18)13-14-7-11-19-12-8-14/h14-15,18H,3-13H2,1-2H3. The van der Waals surface area contributed by atoms with E-state index in [1.165, 1.54) is 25.7 Å². The van der Waals surface area contributed by atoms with Crippen molar-refractivity contribution in [3.8, 4) is 0 Å². The van der Waals surface area contributed by atoms with Crippen molar-refractivity contribution in [2.45, 2.75) is 70.4 Å². The number of aliphatic hydroxyl groups is 1. The molecule has 3 heteroatoms. The highest BCUT2D eigenvalue weighted by atomic mass is 16.5. The molecular weight excluding hydrogens is 238 g/mol. The van der Waals surface area contributed by atoms with Gasteiger partial charge in [0.2, 0.25) is 0 Å². The number of hydrogen-bond donors (Lipinski definition) is 1. The number of aliphatic hydroxyl groups excluding tert-OH is 1. The lowest BCUT2D eigenvalue weighted by Crippen LogP contribution is -2.53. The lowest BCUT2D eigenvalue weighted by molar-refractivity contribution is -0.0329. The van der Waals surface area contributed by atoms with Crippen LogP contribution >= 0.6 is 0 Å². The van der Waals surface area contributed by atoms with Crippen molar-refractivity contribution in [1.82, 2.24) is 4.90 Å². The second-order valence-electron chi connectivity index (χ2n) is 6.86. The molecule has 0 saturated carbocycles. The molecule has 0 amide bonds. The Balaban J connectivity index is 1.88. The predicted molar refractivity (Wildman–Crippen MR) is 78.3 cm³/mol. The Hall–Kier alpha value is -0.120. The SMILES string of the molecule is CC(C)(C(O)CC1CCOCC1)N1CCCCCC1. The molecule has 3 nitrogen and oxygen atoms in total. The van der Waals surface area contributed by atoms with Gasteiger partial charge in [-0.3, -0.25) is 4.90 Å². The predicted octanol–water partition coefficient (Wildman–Crippen LogP) is 2.82. The van der Waals surface area contributed by atoms with E-state index in [-0.39, 0.29) is 11.6 Å². The van der Waals surface area contributed by atoms with Gasteiger partial charge in [-0.25, -0.2) is 0 Å². The maximum Gasteiger partial charge on any atom is 0.0721 e. The third-order valence-electron chi connectivity index (χ3n) is 5.13. The van der Waals surface area contributed by atoms with Crippen LogP contribution in [0.5, 0.6) is 0 Å². The van der Waals surface area contributed by atoms with E-state index in [9.17, 15) is 5.11 Å². The molecule has 0 spiro atoms. The van der Waals surface area contributed by atoms with Gasteiger partial charge in [-0.15, -0.1) is 0 Å². The van der Waals surface area contributed by atoms with Gasteiger partial charge in [0.25, 0.3) is 0 Å². The van der Waals surface area contributed by atoms with Gasteiger partial charge in [0.05, 0.1) is 6.10 Å². The number of ether oxygens (including phenoxy) is 1. The van der Waals surface area contributed by atoms with Crippen molar-refractivity contribution in [2.24, 2.45) is 5.92 Å². The summed E-state index contributed by atoms with van der Waals surface area (Å²) in [6, 6.07) is 0. The van der Waals surface area contributed by atoms with Gasteiger partial charge in [-0.2, -0.15) is 0 Å². The average molecular weight is 269 g/mol. The average Bonchev–Trinajstić information content (AvgIpc) is 2.69. The Morgan fingerprint density at radius 2 is 1.68 bits per heavy atom. The normalized spacial score (nSPS) is 26.1. The molecule has 0 aromatic carbocycles. The first-order chi connectivity index (χ1) is 9.10. The largest absolute Gasteiger partial charge is 0.391 e. The van der Waals surface area contributed by atoms with Gasteiger partial charge < -0.3 is 9.84 Å². The van der Waals surface area contributed by atoms with E-state index in [0.29, 0.717) is 5.92 Å². The lowest BCUT2D eigenvalue weighted by atomic mass is 9.84. The molecule has 2 fully saturated rings. The van der Waals surface area contributed by atoms with Crippen LogP contribution in [-0.2, 0) is 4.74 Å². The number of likely N-dealkylation sites (tertiary alicyclic amines) is 1. The summed E-state index contributed by atoms with van der Waals surface area (Å²) in [6.07, 6.45) is 8.23. The summed E-state index contributed by atoms with van der Waals surface area (Å²) < 4.78 is 5.41. The molecule has 0 radical (unpaired) electrons. The van der Waals surface area contributed by atoms with Crippen LogP contribution in [-0.4, -0.2) is 48.0 Å². The van der Waals surface area contributed by atoms with E-state index in [1.807, 2.05) is 0 Å². The van der Waals surface area contributed by atoms with Crippen molar-refractivity contribution in [2.75, 3.05) is 26.3 Å². The maximum absolute atomic E-state index is 10.7. The Morgan fingerprint density at radius 1 is 1.11 bits per heavy atom. The molecule has 2 aliphatic heterocycles. The third kappa shape index (κ3) is 4.17. The zero-order valence-corrected chi connectivity index (χ0v) is 12.7. The molecule has 1 unspecified atom stereocenters. The number of rotatable bonds is 4. The summed E-state index contributed by atoms with van der Waals surface area (Å²) in [6.45, 7) is 8.50. The minimum Gasteiger partial charge on any atom is -0.391 e. The summed E-state index contributed by atoms with van der Waals surface area (Å²) >= 11 is 0. The summed E-state index contributed by atoms with van der Waals surface area (Å²) in [5, 5.41) is 10.7. The van der Waals surface area contributed by atoms with Gasteiger partial charge >= 0.3 is 0 Å². The molecular formula is C16H31NO2. The minimum atomic E-state index is -0.214. The fraction of sp³-hybridized carbons (Fsp3) is 1.00. The monoisotopic (exact) mass is 269 g/mol. The molecule has 112 valence electrons. The summed E-state index contributed by atoms with van der Waals surface area (Å²) in [7, 11) is 0. The second kappa shape index (κ2) is 7.05. The Labute approximate surface area is 118 Å². The third-order valence-corrected chi connectivity index (χ3v) is 5.13. The van der Waals surface area contributed by atoms with Crippen LogP contribution in [0.15, 0.2) is 0 Å². The van der Waals surface area contributed by atoms with E-state index in [4.69, 9.17) is 4.74 Å². The Morgan fingerprint density at radius 3 is 2.26 bits per heavy atom. The molecule has 0 aromatic heterocycles. The minimum absolute atomic E-state index is 0.0807. The zero-order valence-electron chi connectivity index (χ0n) is 12.7. The molecule has 0 bridgehead atoms. The van der Waals surface area contributed by atoms with Crippen molar-refractivity contribution in [3.05, 3.63) is 0 Å². The summed E-state index contributed by atoms with van der Waals surface area (Å²) in [4.78, 5) is 2.52. The fourth-order valence-corrected chi connectivity index (χ4v) is 3.44. The fourth-order valence-electron chi connectivity index (χ4n) is 3.44. The van der Waals surface area contributed by atoms with E-state index in [1.54, 1.807) is 0 Å². The molecule has 1 atom stereocenters. The topological polar surface area (TPSA) is 32.7 Å². The first-order valence-corrected chi connectivity index (χ1v) is 8.11. The summed E-state index contributed by atoms with van der Waals surface area (Å²) in [5.74, 6) is 0.648. The molecule has 2 rings (SSSR count). The second-order valence-corrected chi connectivity index (χ2v) is 6.86. The van der Waals surface area contributed by atoms with Gasteiger partial charge in [0, 0.05) is 18.8 Å². The van der Waals surface area contributed by atoms with Crippen LogP contribution < -0.4 is 0 Å². The molecule has 2 saturated heterocycles. The van der Waals surface area contributed by atoms with Crippen LogP contribution in [0.2, 0.25) is 0 Å². The van der Waals surface area contributed by atoms with Gasteiger partial charge in [-0.05, 0) is 65.0 Å². The smallest absolute Gasteiger partial charge is 0.0721 e. The van der Waals surface area contributed by atoms with Gasteiger partial charge in [-0.1, -0.05) is 12.8 Å². The molecule has 19 heavy (non-hydrogen) atoms. The molecule has 1 N–H and O–H groups in total. The van der Waals surface area contributed by atoms with Gasteiger partial charge in [0.15, 0.2) is 0 Å². The Kier molecular flexibility index (Phi) is 5.67. The zero-order chi connectivity index (χ0) is 13.7. The number of hydrogen-bond acceptors (Lipinski definition) is 3. The van der Waals surface area contributed by atoms with Crippen LogP contribution in [0.25, 0.3) is 0 Å². The first-order valence-electron chi connectivity index (χ1n) is 8.11. The highest BCUT2D eigenvalue weighted by molar-refractivity contribution is 4.91. The van der Waals surface area contributed by atoms with Gasteiger partial charge in [0.1, 0.15) is 0 Å². The van der Waals surface area contributed by atoms with Crippen molar-refractivity contribution in [3.63, 3.8) is 0 Å². The molecule has 0 aromatic rings.